The number of aliphatic hydroxyl groups is 1. The van der Waals surface area contributed by atoms with Gasteiger partial charge in [0.15, 0.2) is 0 Å². The Morgan fingerprint density at radius 3 is 2.56 bits per heavy atom. The lowest BCUT2D eigenvalue weighted by Gasteiger charge is -2.33. The Balaban J connectivity index is 1.82. The van der Waals surface area contributed by atoms with E-state index in [1.165, 1.54) is 0 Å². The Morgan fingerprint density at radius 2 is 1.93 bits per heavy atom. The predicted molar refractivity (Wildman–Crippen MR) is 107 cm³/mol. The van der Waals surface area contributed by atoms with Crippen molar-refractivity contribution in [2.75, 3.05) is 26.7 Å². The number of β-amino-alcohol motifs (C(OH)–C–C–N with tert-alkyl or cyclic N) is 1. The molecule has 2 aromatic rings. The summed E-state index contributed by atoms with van der Waals surface area (Å²) >= 11 is 6.23. The van der Waals surface area contributed by atoms with Gasteiger partial charge in [0.05, 0.1) is 12.1 Å². The summed E-state index contributed by atoms with van der Waals surface area (Å²) in [6.45, 7) is 2.10. The van der Waals surface area contributed by atoms with E-state index in [1.807, 2.05) is 42.5 Å². The number of rotatable bonds is 6. The molecule has 27 heavy (non-hydrogen) atoms. The van der Waals surface area contributed by atoms with Crippen LogP contribution in [-0.2, 0) is 4.79 Å². The van der Waals surface area contributed by atoms with Crippen LogP contribution in [0.15, 0.2) is 54.6 Å². The van der Waals surface area contributed by atoms with Crippen LogP contribution in [0.4, 0.5) is 0 Å². The second-order valence-corrected chi connectivity index (χ2v) is 7.48. The summed E-state index contributed by atoms with van der Waals surface area (Å²) < 4.78 is 0. The molecule has 0 bridgehead atoms. The van der Waals surface area contributed by atoms with Crippen LogP contribution in [0.5, 0.6) is 0 Å². The first-order valence-corrected chi connectivity index (χ1v) is 9.57. The average molecular weight is 388 g/mol. The molecule has 5 nitrogen and oxygen atoms in total. The van der Waals surface area contributed by atoms with Gasteiger partial charge < -0.3 is 15.7 Å². The average Bonchev–Trinajstić information content (AvgIpc) is 3.10. The molecule has 1 amide bonds. The maximum Gasteiger partial charge on any atom is 0.244 e. The van der Waals surface area contributed by atoms with Crippen molar-refractivity contribution >= 4 is 17.5 Å². The Morgan fingerprint density at radius 1 is 1.26 bits per heavy atom. The Hall–Kier alpha value is -1.92. The molecule has 2 aromatic carbocycles. The van der Waals surface area contributed by atoms with Crippen molar-refractivity contribution in [1.29, 1.82) is 0 Å². The van der Waals surface area contributed by atoms with E-state index in [4.69, 9.17) is 17.3 Å². The molecule has 3 unspecified atom stereocenters. The van der Waals surface area contributed by atoms with Crippen molar-refractivity contribution in [2.24, 2.45) is 5.73 Å². The third-order valence-electron chi connectivity index (χ3n) is 5.18. The summed E-state index contributed by atoms with van der Waals surface area (Å²) in [7, 11) is 1.78. The fraction of sp³-hybridized carbons (Fsp3) is 0.381. The van der Waals surface area contributed by atoms with E-state index in [0.29, 0.717) is 23.7 Å². The minimum absolute atomic E-state index is 0.155. The van der Waals surface area contributed by atoms with Gasteiger partial charge in [0.25, 0.3) is 0 Å². The van der Waals surface area contributed by atoms with Crippen molar-refractivity contribution in [2.45, 2.75) is 24.6 Å². The third-order valence-corrected chi connectivity index (χ3v) is 5.53. The molecule has 0 aliphatic carbocycles. The van der Waals surface area contributed by atoms with Crippen molar-refractivity contribution in [1.82, 2.24) is 9.80 Å². The smallest absolute Gasteiger partial charge is 0.244 e. The van der Waals surface area contributed by atoms with Crippen LogP contribution in [0.2, 0.25) is 5.02 Å². The Kier molecular flexibility index (Phi) is 6.50. The molecule has 1 heterocycles. The molecule has 0 saturated carbocycles. The molecule has 1 aliphatic rings. The largest absolute Gasteiger partial charge is 0.392 e. The van der Waals surface area contributed by atoms with E-state index in [0.717, 1.165) is 18.5 Å². The number of likely N-dealkylation sites (tertiary alicyclic amines) is 1. The highest BCUT2D eigenvalue weighted by atomic mass is 35.5. The summed E-state index contributed by atoms with van der Waals surface area (Å²) in [4.78, 5) is 17.0. The van der Waals surface area contributed by atoms with Crippen LogP contribution in [0.3, 0.4) is 0 Å². The summed E-state index contributed by atoms with van der Waals surface area (Å²) in [5.41, 5.74) is 7.92. The molecular weight excluding hydrogens is 362 g/mol. The van der Waals surface area contributed by atoms with E-state index in [-0.39, 0.29) is 18.1 Å². The minimum atomic E-state index is -0.820. The van der Waals surface area contributed by atoms with E-state index < -0.39 is 6.04 Å². The number of benzene rings is 2. The summed E-state index contributed by atoms with van der Waals surface area (Å²) in [5, 5.41) is 10.3. The maximum atomic E-state index is 13.1. The normalized spacial score (nSPS) is 19.6. The van der Waals surface area contributed by atoms with Crippen LogP contribution >= 0.6 is 11.6 Å². The van der Waals surface area contributed by atoms with Gasteiger partial charge in [-0.25, -0.2) is 0 Å². The van der Waals surface area contributed by atoms with Crippen molar-refractivity contribution in [3.63, 3.8) is 0 Å². The van der Waals surface area contributed by atoms with E-state index in [1.54, 1.807) is 24.1 Å². The number of hydrogen-bond acceptors (Lipinski definition) is 4. The van der Waals surface area contributed by atoms with Crippen LogP contribution in [-0.4, -0.2) is 53.6 Å². The zero-order valence-corrected chi connectivity index (χ0v) is 16.2. The highest BCUT2D eigenvalue weighted by Gasteiger charge is 2.31. The van der Waals surface area contributed by atoms with Gasteiger partial charge in [0.1, 0.15) is 6.04 Å². The quantitative estimate of drug-likeness (QED) is 0.799. The standard InChI is InChI=1S/C21H26ClN3O2/c1-24(21(27)20(23)17-9-5-6-10-18(17)22)19(15-7-3-2-4-8-15)14-25-12-11-16(26)13-25/h2-10,16,19-20,26H,11-14,23H2,1H3. The van der Waals surface area contributed by atoms with Crippen LogP contribution < -0.4 is 5.73 Å². The van der Waals surface area contributed by atoms with Crippen molar-refractivity contribution in [3.05, 3.63) is 70.7 Å². The minimum Gasteiger partial charge on any atom is -0.392 e. The molecule has 1 aliphatic heterocycles. The Bertz CT molecular complexity index is 771. The number of carbonyl (C=O) groups is 1. The molecule has 1 fully saturated rings. The number of halogens is 1. The van der Waals surface area contributed by atoms with Gasteiger partial charge in [-0.15, -0.1) is 0 Å². The second-order valence-electron chi connectivity index (χ2n) is 7.08. The van der Waals surface area contributed by atoms with Gasteiger partial charge >= 0.3 is 0 Å². The third kappa shape index (κ3) is 4.68. The molecule has 144 valence electrons. The molecule has 3 atom stereocenters. The highest BCUT2D eigenvalue weighted by Crippen LogP contribution is 2.27. The van der Waals surface area contributed by atoms with Gasteiger partial charge in [0.2, 0.25) is 5.91 Å². The molecule has 0 spiro atoms. The molecule has 0 radical (unpaired) electrons. The lowest BCUT2D eigenvalue weighted by Crippen LogP contribution is -2.42. The highest BCUT2D eigenvalue weighted by molar-refractivity contribution is 6.31. The molecule has 6 heteroatoms. The first-order valence-electron chi connectivity index (χ1n) is 9.19. The number of hydrogen-bond donors (Lipinski definition) is 2. The summed E-state index contributed by atoms with van der Waals surface area (Å²) in [5.74, 6) is -0.184. The molecule has 0 aromatic heterocycles. The zero-order valence-electron chi connectivity index (χ0n) is 15.5. The summed E-state index contributed by atoms with van der Waals surface area (Å²) in [6.07, 6.45) is 0.464. The molecule has 1 saturated heterocycles. The topological polar surface area (TPSA) is 69.8 Å². The van der Waals surface area contributed by atoms with Gasteiger partial charge in [-0.1, -0.05) is 60.1 Å². The van der Waals surface area contributed by atoms with Crippen LogP contribution in [0.25, 0.3) is 0 Å². The van der Waals surface area contributed by atoms with E-state index >= 15 is 0 Å². The molecular formula is C21H26ClN3O2. The first-order chi connectivity index (χ1) is 13.0. The van der Waals surface area contributed by atoms with E-state index in [9.17, 15) is 9.90 Å². The fourth-order valence-corrected chi connectivity index (χ4v) is 3.84. The summed E-state index contributed by atoms with van der Waals surface area (Å²) in [6, 6.07) is 16.1. The number of nitrogens with two attached hydrogens (primary N) is 1. The van der Waals surface area contributed by atoms with Crippen molar-refractivity contribution in [3.8, 4) is 0 Å². The van der Waals surface area contributed by atoms with Crippen molar-refractivity contribution < 1.29 is 9.90 Å². The second kappa shape index (κ2) is 8.85. The zero-order chi connectivity index (χ0) is 19.4. The maximum absolute atomic E-state index is 13.1. The monoisotopic (exact) mass is 387 g/mol. The van der Waals surface area contributed by atoms with Crippen LogP contribution in [0.1, 0.15) is 29.6 Å². The number of carbonyl (C=O) groups excluding carboxylic acids is 1. The Labute approximate surface area is 165 Å². The van der Waals surface area contributed by atoms with Gasteiger partial charge in [-0.05, 0) is 23.6 Å². The lowest BCUT2D eigenvalue weighted by molar-refractivity contribution is -0.134. The van der Waals surface area contributed by atoms with Gasteiger partial charge in [0, 0.05) is 31.7 Å². The van der Waals surface area contributed by atoms with Crippen LogP contribution in [0, 0.1) is 0 Å². The van der Waals surface area contributed by atoms with Gasteiger partial charge in [-0.2, -0.15) is 0 Å². The fourth-order valence-electron chi connectivity index (χ4n) is 3.58. The predicted octanol–water partition coefficient (Wildman–Crippen LogP) is 2.61. The molecule has 3 rings (SSSR count). The van der Waals surface area contributed by atoms with E-state index in [2.05, 4.69) is 4.90 Å². The van der Waals surface area contributed by atoms with Gasteiger partial charge in [-0.3, -0.25) is 9.69 Å². The number of nitrogens with zero attached hydrogens (tertiary/aromatic N) is 2. The number of amides is 1. The number of likely N-dealkylation sites (N-methyl/N-ethyl adjacent to an activating group) is 1. The molecule has 3 N–H and O–H groups in total. The SMILES string of the molecule is CN(C(=O)C(N)c1ccccc1Cl)C(CN1CCC(O)C1)c1ccccc1. The number of aliphatic hydroxyl groups excluding tert-OH is 1. The lowest BCUT2D eigenvalue weighted by atomic mass is 10.0. The first kappa shape index (κ1) is 19.8.